The van der Waals surface area contributed by atoms with Gasteiger partial charge in [-0.25, -0.2) is 4.98 Å². The normalized spacial score (nSPS) is 19.3. The summed E-state index contributed by atoms with van der Waals surface area (Å²) in [5.74, 6) is 4.44. The fraction of sp³-hybridized carbons (Fsp3) is 0.818. The summed E-state index contributed by atoms with van der Waals surface area (Å²) in [5, 5.41) is 7.02. The molecule has 29 heavy (non-hydrogen) atoms. The molecular weight excluding hydrogens is 477 g/mol. The number of piperidine rings is 1. The molecule has 7 heteroatoms. The van der Waals surface area contributed by atoms with E-state index < -0.39 is 0 Å². The lowest BCUT2D eigenvalue weighted by Gasteiger charge is -2.31. The summed E-state index contributed by atoms with van der Waals surface area (Å²) in [6.45, 7) is 9.09. The molecule has 2 heterocycles. The van der Waals surface area contributed by atoms with Crippen LogP contribution < -0.4 is 10.6 Å². The number of halogens is 1. The summed E-state index contributed by atoms with van der Waals surface area (Å²) in [7, 11) is 1.87. The third-order valence-corrected chi connectivity index (χ3v) is 6.48. The molecule has 0 radical (unpaired) electrons. The van der Waals surface area contributed by atoms with Crippen LogP contribution in [-0.2, 0) is 6.54 Å². The molecule has 1 saturated heterocycles. The largest absolute Gasteiger partial charge is 0.444 e. The molecule has 0 aromatic carbocycles. The van der Waals surface area contributed by atoms with Crippen molar-refractivity contribution in [3.05, 3.63) is 17.3 Å². The number of guanidine groups is 1. The number of aliphatic imine (C=N–C) groups is 1. The highest BCUT2D eigenvalue weighted by molar-refractivity contribution is 14.0. The second-order valence-electron chi connectivity index (χ2n) is 8.64. The number of aromatic nitrogens is 1. The predicted molar refractivity (Wildman–Crippen MR) is 130 cm³/mol. The molecule has 6 nitrogen and oxygen atoms in total. The van der Waals surface area contributed by atoms with E-state index in [0.717, 1.165) is 61.9 Å². The van der Waals surface area contributed by atoms with Crippen LogP contribution in [0.4, 0.5) is 0 Å². The molecule has 2 N–H and O–H groups in total. The Hall–Kier alpha value is -0.830. The first kappa shape index (κ1) is 24.4. The zero-order chi connectivity index (χ0) is 19.8. The standard InChI is InChI=1S/C22H39N5O.HI/c1-17-18(2)28-21(26-17)16-27-13-10-20(11-14-27)15-25-22(23-3)24-12-6-9-19-7-4-5-8-19;/h19-20H,4-16H2,1-3H3,(H2,23,24,25);1H. The van der Waals surface area contributed by atoms with Crippen LogP contribution in [-0.4, -0.2) is 49.1 Å². The van der Waals surface area contributed by atoms with Crippen molar-refractivity contribution in [3.63, 3.8) is 0 Å². The molecule has 2 fully saturated rings. The summed E-state index contributed by atoms with van der Waals surface area (Å²) < 4.78 is 5.73. The van der Waals surface area contributed by atoms with Gasteiger partial charge in [-0.1, -0.05) is 25.7 Å². The minimum absolute atomic E-state index is 0. The number of rotatable bonds is 8. The first-order chi connectivity index (χ1) is 13.6. The molecule has 0 unspecified atom stereocenters. The molecular formula is C22H40IN5O. The molecule has 1 aromatic rings. The Bertz CT molecular complexity index is 599. The van der Waals surface area contributed by atoms with Gasteiger partial charge in [0.15, 0.2) is 5.96 Å². The molecule has 0 spiro atoms. The topological polar surface area (TPSA) is 65.7 Å². The number of aryl methyl sites for hydroxylation is 2. The average molecular weight is 518 g/mol. The summed E-state index contributed by atoms with van der Waals surface area (Å²) in [6.07, 6.45) is 10.8. The third-order valence-electron chi connectivity index (χ3n) is 6.48. The molecule has 0 bridgehead atoms. The smallest absolute Gasteiger partial charge is 0.208 e. The van der Waals surface area contributed by atoms with Crippen LogP contribution >= 0.6 is 24.0 Å². The van der Waals surface area contributed by atoms with E-state index in [2.05, 4.69) is 25.5 Å². The van der Waals surface area contributed by atoms with Crippen LogP contribution in [0, 0.1) is 25.7 Å². The van der Waals surface area contributed by atoms with Crippen LogP contribution in [0.1, 0.15) is 68.7 Å². The van der Waals surface area contributed by atoms with E-state index in [0.29, 0.717) is 5.92 Å². The zero-order valence-electron chi connectivity index (χ0n) is 18.5. The van der Waals surface area contributed by atoms with Gasteiger partial charge in [-0.15, -0.1) is 24.0 Å². The van der Waals surface area contributed by atoms with Crippen LogP contribution in [0.5, 0.6) is 0 Å². The number of nitrogens with one attached hydrogen (secondary N) is 2. The van der Waals surface area contributed by atoms with Crippen molar-refractivity contribution in [3.8, 4) is 0 Å². The quantitative estimate of drug-likeness (QED) is 0.234. The van der Waals surface area contributed by atoms with Crippen molar-refractivity contribution >= 4 is 29.9 Å². The maximum atomic E-state index is 5.73. The van der Waals surface area contributed by atoms with E-state index in [1.165, 1.54) is 51.4 Å². The van der Waals surface area contributed by atoms with Crippen molar-refractivity contribution < 1.29 is 4.42 Å². The zero-order valence-corrected chi connectivity index (χ0v) is 20.8. The van der Waals surface area contributed by atoms with E-state index in [4.69, 9.17) is 4.42 Å². The molecule has 0 amide bonds. The number of hydrogen-bond donors (Lipinski definition) is 2. The third kappa shape index (κ3) is 8.07. The Kier molecular flexibility index (Phi) is 10.8. The summed E-state index contributed by atoms with van der Waals surface area (Å²) in [4.78, 5) is 11.4. The van der Waals surface area contributed by atoms with E-state index in [9.17, 15) is 0 Å². The Morgan fingerprint density at radius 2 is 1.83 bits per heavy atom. The van der Waals surface area contributed by atoms with Crippen LogP contribution in [0.2, 0.25) is 0 Å². The Balaban J connectivity index is 0.00000300. The highest BCUT2D eigenvalue weighted by Crippen LogP contribution is 2.28. The van der Waals surface area contributed by atoms with Crippen LogP contribution in [0.15, 0.2) is 9.41 Å². The summed E-state index contributed by atoms with van der Waals surface area (Å²) in [5.41, 5.74) is 1.01. The van der Waals surface area contributed by atoms with Gasteiger partial charge in [-0.3, -0.25) is 9.89 Å². The number of nitrogens with zero attached hydrogens (tertiary/aromatic N) is 3. The van der Waals surface area contributed by atoms with Crippen molar-refractivity contribution in [2.45, 2.75) is 71.8 Å². The summed E-state index contributed by atoms with van der Waals surface area (Å²) >= 11 is 0. The van der Waals surface area contributed by atoms with Crippen molar-refractivity contribution in [1.29, 1.82) is 0 Å². The van der Waals surface area contributed by atoms with E-state index in [-0.39, 0.29) is 24.0 Å². The number of oxazole rings is 1. The van der Waals surface area contributed by atoms with Crippen molar-refractivity contribution in [2.75, 3.05) is 33.2 Å². The van der Waals surface area contributed by atoms with Gasteiger partial charge >= 0.3 is 0 Å². The van der Waals surface area contributed by atoms with Gasteiger partial charge in [0.2, 0.25) is 5.89 Å². The Morgan fingerprint density at radius 1 is 1.10 bits per heavy atom. The van der Waals surface area contributed by atoms with E-state index in [1.54, 1.807) is 0 Å². The van der Waals surface area contributed by atoms with Gasteiger partial charge in [-0.2, -0.15) is 0 Å². The number of likely N-dealkylation sites (tertiary alicyclic amines) is 1. The minimum Gasteiger partial charge on any atom is -0.444 e. The van der Waals surface area contributed by atoms with Gasteiger partial charge in [0.25, 0.3) is 0 Å². The fourth-order valence-electron chi connectivity index (χ4n) is 4.50. The maximum absolute atomic E-state index is 5.73. The molecule has 1 aromatic heterocycles. The maximum Gasteiger partial charge on any atom is 0.208 e. The monoisotopic (exact) mass is 517 g/mol. The van der Waals surface area contributed by atoms with E-state index >= 15 is 0 Å². The molecule has 0 atom stereocenters. The van der Waals surface area contributed by atoms with Gasteiger partial charge < -0.3 is 15.1 Å². The lowest BCUT2D eigenvalue weighted by molar-refractivity contribution is 0.164. The lowest BCUT2D eigenvalue weighted by atomic mass is 9.97. The number of hydrogen-bond acceptors (Lipinski definition) is 4. The Labute approximate surface area is 193 Å². The molecule has 1 aliphatic heterocycles. The fourth-order valence-corrected chi connectivity index (χ4v) is 4.50. The van der Waals surface area contributed by atoms with E-state index in [1.807, 2.05) is 20.9 Å². The highest BCUT2D eigenvalue weighted by atomic mass is 127. The summed E-state index contributed by atoms with van der Waals surface area (Å²) in [6, 6.07) is 0. The molecule has 3 rings (SSSR count). The van der Waals surface area contributed by atoms with Crippen LogP contribution in [0.25, 0.3) is 0 Å². The molecule has 166 valence electrons. The predicted octanol–water partition coefficient (Wildman–Crippen LogP) is 4.26. The second-order valence-corrected chi connectivity index (χ2v) is 8.64. The van der Waals surface area contributed by atoms with Gasteiger partial charge in [-0.05, 0) is 64.5 Å². The molecule has 1 aliphatic carbocycles. The Morgan fingerprint density at radius 3 is 2.45 bits per heavy atom. The first-order valence-electron chi connectivity index (χ1n) is 11.2. The lowest BCUT2D eigenvalue weighted by Crippen LogP contribution is -2.43. The van der Waals surface area contributed by atoms with Crippen molar-refractivity contribution in [2.24, 2.45) is 16.8 Å². The molecule has 1 saturated carbocycles. The highest BCUT2D eigenvalue weighted by Gasteiger charge is 2.21. The van der Waals surface area contributed by atoms with Crippen molar-refractivity contribution in [1.82, 2.24) is 20.5 Å². The average Bonchev–Trinajstić information content (AvgIpc) is 3.32. The SMILES string of the molecule is CN=C(NCCCC1CCCC1)NCC1CCN(Cc2nc(C)c(C)o2)CC1.I. The van der Waals surface area contributed by atoms with Gasteiger partial charge in [0, 0.05) is 20.1 Å². The molecule has 2 aliphatic rings. The second kappa shape index (κ2) is 12.8. The van der Waals surface area contributed by atoms with Crippen LogP contribution in [0.3, 0.4) is 0 Å². The van der Waals surface area contributed by atoms with Gasteiger partial charge in [0.05, 0.1) is 12.2 Å². The van der Waals surface area contributed by atoms with Gasteiger partial charge in [0.1, 0.15) is 5.76 Å². The first-order valence-corrected chi connectivity index (χ1v) is 11.2. The minimum atomic E-state index is 0.